The van der Waals surface area contributed by atoms with E-state index in [9.17, 15) is 19.5 Å². The van der Waals surface area contributed by atoms with Crippen LogP contribution in [0.15, 0.2) is 24.3 Å². The van der Waals surface area contributed by atoms with Crippen LogP contribution in [-0.4, -0.2) is 51.2 Å². The molecule has 2 atom stereocenters. The molecule has 0 aromatic heterocycles. The topological polar surface area (TPSA) is 115 Å². The Balaban J connectivity index is 2.17. The van der Waals surface area contributed by atoms with E-state index in [1.807, 2.05) is 0 Å². The van der Waals surface area contributed by atoms with Gasteiger partial charge in [-0.05, 0) is 24.6 Å². The number of rotatable bonds is 3. The number of carbonyl (C=O) groups excluding carboxylic acids is 1. The molecule has 1 aliphatic heterocycles. The summed E-state index contributed by atoms with van der Waals surface area (Å²) in [6, 6.07) is 5.75. The lowest BCUT2D eigenvalue weighted by Gasteiger charge is -2.34. The number of carbonyl (C=O) groups is 3. The molecule has 3 N–H and O–H groups in total. The number of benzene rings is 1. The molecule has 1 aromatic carbocycles. The van der Waals surface area contributed by atoms with Crippen LogP contribution in [0.4, 0.5) is 0 Å². The Hall–Kier alpha value is -2.57. The zero-order valence-corrected chi connectivity index (χ0v) is 11.1. The second kappa shape index (κ2) is 5.82. The van der Waals surface area contributed by atoms with Crippen LogP contribution in [0.2, 0.25) is 0 Å². The maximum absolute atomic E-state index is 12.3. The predicted octanol–water partition coefficient (Wildman–Crippen LogP) is 0.640. The zero-order valence-electron chi connectivity index (χ0n) is 11.1. The van der Waals surface area contributed by atoms with Crippen molar-refractivity contribution in [2.45, 2.75) is 6.42 Å². The van der Waals surface area contributed by atoms with Crippen LogP contribution in [0.1, 0.15) is 16.8 Å². The Labute approximate surface area is 120 Å². The molecule has 1 fully saturated rings. The summed E-state index contributed by atoms with van der Waals surface area (Å²) in [6.07, 6.45) is 0.0941. The molecule has 2 rings (SSSR count). The van der Waals surface area contributed by atoms with E-state index in [1.54, 1.807) is 0 Å². The Kier molecular flexibility index (Phi) is 4.11. The first kappa shape index (κ1) is 14.8. The molecule has 1 heterocycles. The number of piperidine rings is 1. The second-order valence-electron chi connectivity index (χ2n) is 4.98. The van der Waals surface area contributed by atoms with Crippen molar-refractivity contribution >= 4 is 17.8 Å². The van der Waals surface area contributed by atoms with Gasteiger partial charge in [-0.1, -0.05) is 6.07 Å². The van der Waals surface area contributed by atoms with E-state index in [0.29, 0.717) is 0 Å². The Morgan fingerprint density at radius 3 is 2.33 bits per heavy atom. The average molecular weight is 293 g/mol. The molecule has 2 unspecified atom stereocenters. The molecule has 112 valence electrons. The fourth-order valence-electron chi connectivity index (χ4n) is 2.50. The van der Waals surface area contributed by atoms with Gasteiger partial charge in [-0.2, -0.15) is 0 Å². The Bertz CT molecular complexity index is 585. The number of aromatic hydroxyl groups is 1. The van der Waals surface area contributed by atoms with Crippen LogP contribution in [0.3, 0.4) is 0 Å². The van der Waals surface area contributed by atoms with Crippen molar-refractivity contribution in [3.05, 3.63) is 29.8 Å². The number of aliphatic carboxylic acids is 2. The zero-order chi connectivity index (χ0) is 15.6. The predicted molar refractivity (Wildman–Crippen MR) is 70.9 cm³/mol. The standard InChI is InChI=1S/C14H15NO6/c16-9-3-1-2-8(6-9)12(17)15-5-4-10(13(18)19)11(7-15)14(20)21/h1-3,6,10-11,16H,4-5,7H2,(H,18,19)(H,20,21). The normalized spacial score (nSPS) is 21.8. The number of phenolic OH excluding ortho intramolecular Hbond substituents is 1. The van der Waals surface area contributed by atoms with E-state index in [-0.39, 0.29) is 30.8 Å². The number of amides is 1. The lowest BCUT2D eigenvalue weighted by Crippen LogP contribution is -2.48. The minimum Gasteiger partial charge on any atom is -0.508 e. The summed E-state index contributed by atoms with van der Waals surface area (Å²) >= 11 is 0. The highest BCUT2D eigenvalue weighted by Crippen LogP contribution is 2.26. The van der Waals surface area contributed by atoms with E-state index in [2.05, 4.69) is 0 Å². The summed E-state index contributed by atoms with van der Waals surface area (Å²) in [7, 11) is 0. The first-order chi connectivity index (χ1) is 9.90. The van der Waals surface area contributed by atoms with Crippen molar-refractivity contribution < 1.29 is 29.7 Å². The van der Waals surface area contributed by atoms with E-state index >= 15 is 0 Å². The maximum atomic E-state index is 12.3. The summed E-state index contributed by atoms with van der Waals surface area (Å²) in [5.41, 5.74) is 0.243. The van der Waals surface area contributed by atoms with Gasteiger partial charge in [-0.25, -0.2) is 0 Å². The molecule has 0 aliphatic carbocycles. The second-order valence-corrected chi connectivity index (χ2v) is 4.98. The summed E-state index contributed by atoms with van der Waals surface area (Å²) in [5.74, 6) is -4.98. The number of carboxylic acids is 2. The van der Waals surface area contributed by atoms with Gasteiger partial charge in [-0.3, -0.25) is 14.4 Å². The summed E-state index contributed by atoms with van der Waals surface area (Å²) in [6.45, 7) is 0.0238. The van der Waals surface area contributed by atoms with E-state index in [0.717, 1.165) is 0 Å². The molecule has 1 amide bonds. The van der Waals surface area contributed by atoms with Crippen molar-refractivity contribution in [3.8, 4) is 5.75 Å². The molecule has 1 aliphatic rings. The maximum Gasteiger partial charge on any atom is 0.309 e. The highest BCUT2D eigenvalue weighted by Gasteiger charge is 2.40. The smallest absolute Gasteiger partial charge is 0.309 e. The highest BCUT2D eigenvalue weighted by atomic mass is 16.4. The molecule has 21 heavy (non-hydrogen) atoms. The summed E-state index contributed by atoms with van der Waals surface area (Å²) in [4.78, 5) is 35.8. The van der Waals surface area contributed by atoms with Gasteiger partial charge in [0.15, 0.2) is 0 Å². The molecule has 0 spiro atoms. The fourth-order valence-corrected chi connectivity index (χ4v) is 2.50. The minimum atomic E-state index is -1.23. The van der Waals surface area contributed by atoms with Crippen LogP contribution in [0, 0.1) is 11.8 Å². The number of nitrogens with zero attached hydrogens (tertiary/aromatic N) is 1. The number of hydrogen-bond acceptors (Lipinski definition) is 4. The van der Waals surface area contributed by atoms with Crippen LogP contribution in [0.5, 0.6) is 5.75 Å². The van der Waals surface area contributed by atoms with Crippen molar-refractivity contribution in [2.75, 3.05) is 13.1 Å². The van der Waals surface area contributed by atoms with Crippen LogP contribution < -0.4 is 0 Å². The molecule has 7 heteroatoms. The third-order valence-electron chi connectivity index (χ3n) is 3.63. The van der Waals surface area contributed by atoms with Gasteiger partial charge < -0.3 is 20.2 Å². The van der Waals surface area contributed by atoms with Gasteiger partial charge in [0, 0.05) is 18.7 Å². The Morgan fingerprint density at radius 1 is 1.10 bits per heavy atom. The van der Waals surface area contributed by atoms with E-state index in [4.69, 9.17) is 10.2 Å². The van der Waals surface area contributed by atoms with Crippen molar-refractivity contribution in [2.24, 2.45) is 11.8 Å². The molecule has 1 aromatic rings. The average Bonchev–Trinajstić information content (AvgIpc) is 2.45. The largest absolute Gasteiger partial charge is 0.508 e. The summed E-state index contributed by atoms with van der Waals surface area (Å²) < 4.78 is 0. The first-order valence-corrected chi connectivity index (χ1v) is 6.44. The monoisotopic (exact) mass is 293 g/mol. The van der Waals surface area contributed by atoms with E-state index in [1.165, 1.54) is 29.2 Å². The minimum absolute atomic E-state index is 0.0592. The molecular formula is C14H15NO6. The van der Waals surface area contributed by atoms with Gasteiger partial charge in [-0.15, -0.1) is 0 Å². The van der Waals surface area contributed by atoms with Crippen molar-refractivity contribution in [3.63, 3.8) is 0 Å². The van der Waals surface area contributed by atoms with Gasteiger partial charge >= 0.3 is 11.9 Å². The van der Waals surface area contributed by atoms with Gasteiger partial charge in [0.2, 0.25) is 0 Å². The van der Waals surface area contributed by atoms with Gasteiger partial charge in [0.05, 0.1) is 11.8 Å². The SMILES string of the molecule is O=C(O)C1CCN(C(=O)c2cccc(O)c2)CC1C(=O)O. The lowest BCUT2D eigenvalue weighted by atomic mass is 9.85. The van der Waals surface area contributed by atoms with Gasteiger partial charge in [0.1, 0.15) is 5.75 Å². The van der Waals surface area contributed by atoms with Crippen molar-refractivity contribution in [1.82, 2.24) is 4.90 Å². The molecule has 0 radical (unpaired) electrons. The lowest BCUT2D eigenvalue weighted by molar-refractivity contribution is -0.156. The molecule has 0 bridgehead atoms. The molecule has 0 saturated carbocycles. The highest BCUT2D eigenvalue weighted by molar-refractivity contribution is 5.95. The van der Waals surface area contributed by atoms with Crippen LogP contribution >= 0.6 is 0 Å². The number of hydrogen-bond donors (Lipinski definition) is 3. The third kappa shape index (κ3) is 3.13. The number of phenols is 1. The quantitative estimate of drug-likeness (QED) is 0.753. The number of carboxylic acid groups (broad SMARTS) is 2. The van der Waals surface area contributed by atoms with Crippen LogP contribution in [0.25, 0.3) is 0 Å². The van der Waals surface area contributed by atoms with E-state index < -0.39 is 29.7 Å². The van der Waals surface area contributed by atoms with Gasteiger partial charge in [0.25, 0.3) is 5.91 Å². The van der Waals surface area contributed by atoms with Crippen molar-refractivity contribution in [1.29, 1.82) is 0 Å². The fraction of sp³-hybridized carbons (Fsp3) is 0.357. The molecular weight excluding hydrogens is 278 g/mol. The molecule has 1 saturated heterocycles. The summed E-state index contributed by atoms with van der Waals surface area (Å²) in [5, 5.41) is 27.5. The van der Waals surface area contributed by atoms with Crippen LogP contribution in [-0.2, 0) is 9.59 Å². The third-order valence-corrected chi connectivity index (χ3v) is 3.63. The molecule has 7 nitrogen and oxygen atoms in total. The number of likely N-dealkylation sites (tertiary alicyclic amines) is 1. The first-order valence-electron chi connectivity index (χ1n) is 6.44. The Morgan fingerprint density at radius 2 is 1.76 bits per heavy atom.